The number of alkyl halides is 3. The van der Waals surface area contributed by atoms with Crippen molar-refractivity contribution in [1.82, 2.24) is 9.78 Å². The molecule has 4 nitrogen and oxygen atoms in total. The van der Waals surface area contributed by atoms with Crippen LogP contribution in [0, 0.1) is 17.5 Å². The van der Waals surface area contributed by atoms with E-state index in [9.17, 15) is 31.1 Å². The number of carbonyl (C=O) groups is 1. The van der Waals surface area contributed by atoms with Gasteiger partial charge in [-0.2, -0.15) is 18.3 Å². The van der Waals surface area contributed by atoms with E-state index in [0.29, 0.717) is 17.4 Å². The summed E-state index contributed by atoms with van der Waals surface area (Å²) in [5.74, 6) is -4.01. The molecule has 0 spiro atoms. The Hall–Kier alpha value is -2.82. The number of nitrogens with one attached hydrogen (secondary N) is 1. The number of aromatic nitrogens is 2. The van der Waals surface area contributed by atoms with Crippen LogP contribution in [-0.4, -0.2) is 15.7 Å². The molecule has 1 aromatic carbocycles. The molecule has 11 heteroatoms. The van der Waals surface area contributed by atoms with Gasteiger partial charge in [-0.3, -0.25) is 9.48 Å². The molecule has 2 aromatic heterocycles. The number of amides is 1. The van der Waals surface area contributed by atoms with Crippen LogP contribution in [0.15, 0.2) is 30.3 Å². The van der Waals surface area contributed by atoms with E-state index in [1.807, 2.05) is 5.32 Å². The summed E-state index contributed by atoms with van der Waals surface area (Å²) in [5, 5.41) is 5.48. The SMILES string of the molecule is CC(C)n1nc(C(F)(F)F)cc1-c1sc(C(=O)Nc2c(F)cccc2F)cc1F. The molecule has 0 aliphatic carbocycles. The first-order valence-electron chi connectivity index (χ1n) is 8.21. The molecule has 154 valence electrons. The molecule has 0 radical (unpaired) electrons. The summed E-state index contributed by atoms with van der Waals surface area (Å²) in [6, 6.07) is 3.92. The number of rotatable bonds is 4. The Labute approximate surface area is 164 Å². The molecular weight excluding hydrogens is 420 g/mol. The fourth-order valence-electron chi connectivity index (χ4n) is 2.54. The number of anilines is 1. The van der Waals surface area contributed by atoms with Crippen molar-refractivity contribution in [3.63, 3.8) is 0 Å². The summed E-state index contributed by atoms with van der Waals surface area (Å²) in [6.07, 6.45) is -4.73. The summed E-state index contributed by atoms with van der Waals surface area (Å²) in [6.45, 7) is 3.13. The van der Waals surface area contributed by atoms with E-state index < -0.39 is 47.0 Å². The van der Waals surface area contributed by atoms with Crippen LogP contribution in [0.4, 0.5) is 32.0 Å². The molecule has 0 bridgehead atoms. The van der Waals surface area contributed by atoms with Crippen LogP contribution >= 0.6 is 11.3 Å². The number of benzene rings is 1. The van der Waals surface area contributed by atoms with Crippen molar-refractivity contribution >= 4 is 22.9 Å². The first-order valence-corrected chi connectivity index (χ1v) is 9.02. The second-order valence-corrected chi connectivity index (χ2v) is 7.34. The molecule has 0 saturated carbocycles. The number of para-hydroxylation sites is 1. The van der Waals surface area contributed by atoms with Crippen molar-refractivity contribution in [3.05, 3.63) is 58.4 Å². The largest absolute Gasteiger partial charge is 0.435 e. The van der Waals surface area contributed by atoms with Gasteiger partial charge in [0.2, 0.25) is 0 Å². The fraction of sp³-hybridized carbons (Fsp3) is 0.222. The van der Waals surface area contributed by atoms with Gasteiger partial charge in [0.25, 0.3) is 5.91 Å². The molecule has 1 amide bonds. The third-order valence-corrected chi connectivity index (χ3v) is 4.99. The van der Waals surface area contributed by atoms with Gasteiger partial charge in [0.1, 0.15) is 23.1 Å². The predicted octanol–water partition coefficient (Wildman–Crippen LogP) is 5.88. The number of thiophene rings is 1. The van der Waals surface area contributed by atoms with Gasteiger partial charge in [-0.25, -0.2) is 13.2 Å². The standard InChI is InChI=1S/C18H13F6N3OS/c1-8(2)27-12(7-14(26-27)18(22,23)24)16-11(21)6-13(29-16)17(28)25-15-9(19)4-3-5-10(15)20/h3-8H,1-2H3,(H,25,28). The van der Waals surface area contributed by atoms with E-state index in [-0.39, 0.29) is 15.4 Å². The molecule has 2 heterocycles. The summed E-state index contributed by atoms with van der Waals surface area (Å²) in [4.78, 5) is 11.8. The number of carbonyl (C=O) groups excluding carboxylic acids is 1. The molecule has 0 fully saturated rings. The van der Waals surface area contributed by atoms with Crippen LogP contribution in [-0.2, 0) is 6.18 Å². The van der Waals surface area contributed by atoms with E-state index >= 15 is 0 Å². The predicted molar refractivity (Wildman–Crippen MR) is 95.2 cm³/mol. The molecular formula is C18H13F6N3OS. The summed E-state index contributed by atoms with van der Waals surface area (Å²) >= 11 is 0.547. The van der Waals surface area contributed by atoms with Gasteiger partial charge in [-0.1, -0.05) is 6.07 Å². The van der Waals surface area contributed by atoms with E-state index in [2.05, 4.69) is 5.10 Å². The molecule has 0 unspecified atom stereocenters. The Kier molecular flexibility index (Phi) is 5.44. The molecule has 1 N–H and O–H groups in total. The van der Waals surface area contributed by atoms with Gasteiger partial charge in [0.15, 0.2) is 5.69 Å². The van der Waals surface area contributed by atoms with Crippen molar-refractivity contribution < 1.29 is 31.1 Å². The first-order chi connectivity index (χ1) is 13.5. The third kappa shape index (κ3) is 4.14. The van der Waals surface area contributed by atoms with Crippen LogP contribution in [0.2, 0.25) is 0 Å². The van der Waals surface area contributed by atoms with E-state index in [0.717, 1.165) is 28.9 Å². The van der Waals surface area contributed by atoms with E-state index in [1.54, 1.807) is 13.8 Å². The molecule has 0 aliphatic heterocycles. The number of halogens is 6. The van der Waals surface area contributed by atoms with Crippen LogP contribution in [0.3, 0.4) is 0 Å². The Bertz CT molecular complexity index is 1050. The summed E-state index contributed by atoms with van der Waals surface area (Å²) < 4.78 is 81.9. The van der Waals surface area contributed by atoms with Crippen molar-refractivity contribution in [2.75, 3.05) is 5.32 Å². The first kappa shape index (κ1) is 20.9. The Morgan fingerprint density at radius 1 is 1.10 bits per heavy atom. The lowest BCUT2D eigenvalue weighted by molar-refractivity contribution is -0.141. The fourth-order valence-corrected chi connectivity index (χ4v) is 3.48. The maximum atomic E-state index is 14.5. The molecule has 0 aliphatic rings. The lowest BCUT2D eigenvalue weighted by atomic mass is 10.2. The quantitative estimate of drug-likeness (QED) is 0.523. The number of hydrogen-bond donors (Lipinski definition) is 1. The lowest BCUT2D eigenvalue weighted by Gasteiger charge is -2.09. The molecule has 0 saturated heterocycles. The highest BCUT2D eigenvalue weighted by Crippen LogP contribution is 2.37. The summed E-state index contributed by atoms with van der Waals surface area (Å²) in [5.41, 5.74) is -2.07. The monoisotopic (exact) mass is 433 g/mol. The number of hydrogen-bond acceptors (Lipinski definition) is 3. The van der Waals surface area contributed by atoms with Gasteiger partial charge in [0.05, 0.1) is 15.4 Å². The maximum absolute atomic E-state index is 14.5. The Balaban J connectivity index is 1.99. The van der Waals surface area contributed by atoms with Crippen LogP contribution in [0.1, 0.15) is 35.3 Å². The van der Waals surface area contributed by atoms with E-state index in [4.69, 9.17) is 0 Å². The van der Waals surface area contributed by atoms with Gasteiger partial charge < -0.3 is 5.32 Å². The van der Waals surface area contributed by atoms with Crippen LogP contribution in [0.25, 0.3) is 10.6 Å². The lowest BCUT2D eigenvalue weighted by Crippen LogP contribution is -2.12. The van der Waals surface area contributed by atoms with Crippen molar-refractivity contribution in [3.8, 4) is 10.6 Å². The van der Waals surface area contributed by atoms with Gasteiger partial charge in [-0.05, 0) is 38.1 Å². The topological polar surface area (TPSA) is 46.9 Å². The van der Waals surface area contributed by atoms with Crippen molar-refractivity contribution in [2.45, 2.75) is 26.1 Å². The minimum atomic E-state index is -4.73. The summed E-state index contributed by atoms with van der Waals surface area (Å²) in [7, 11) is 0. The van der Waals surface area contributed by atoms with Crippen LogP contribution < -0.4 is 5.32 Å². The van der Waals surface area contributed by atoms with E-state index in [1.165, 1.54) is 0 Å². The zero-order valence-corrected chi connectivity index (χ0v) is 15.8. The minimum absolute atomic E-state index is 0.161. The molecule has 3 aromatic rings. The average Bonchev–Trinajstić information content (AvgIpc) is 3.21. The second kappa shape index (κ2) is 7.54. The maximum Gasteiger partial charge on any atom is 0.435 e. The zero-order valence-electron chi connectivity index (χ0n) is 14.9. The Morgan fingerprint density at radius 2 is 1.72 bits per heavy atom. The smallest absolute Gasteiger partial charge is 0.316 e. The average molecular weight is 433 g/mol. The van der Waals surface area contributed by atoms with Crippen molar-refractivity contribution in [2.24, 2.45) is 0 Å². The normalized spacial score (nSPS) is 11.9. The third-order valence-electron chi connectivity index (χ3n) is 3.86. The van der Waals surface area contributed by atoms with Gasteiger partial charge in [0, 0.05) is 6.04 Å². The minimum Gasteiger partial charge on any atom is -0.316 e. The molecule has 29 heavy (non-hydrogen) atoms. The number of nitrogens with zero attached hydrogens (tertiary/aromatic N) is 2. The Morgan fingerprint density at radius 3 is 2.28 bits per heavy atom. The molecule has 3 rings (SSSR count). The van der Waals surface area contributed by atoms with Crippen molar-refractivity contribution in [1.29, 1.82) is 0 Å². The van der Waals surface area contributed by atoms with Gasteiger partial charge >= 0.3 is 6.18 Å². The zero-order chi connectivity index (χ0) is 21.5. The van der Waals surface area contributed by atoms with Crippen LogP contribution in [0.5, 0.6) is 0 Å². The highest BCUT2D eigenvalue weighted by molar-refractivity contribution is 7.17. The highest BCUT2D eigenvalue weighted by Gasteiger charge is 2.36. The van der Waals surface area contributed by atoms with Gasteiger partial charge in [-0.15, -0.1) is 11.3 Å². The second-order valence-electron chi connectivity index (χ2n) is 6.29. The molecule has 0 atom stereocenters. The highest BCUT2D eigenvalue weighted by atomic mass is 32.1.